The molecule has 0 unspecified atom stereocenters. The number of hydrogen-bond acceptors (Lipinski definition) is 6. The summed E-state index contributed by atoms with van der Waals surface area (Å²) in [6, 6.07) is 8.50. The van der Waals surface area contributed by atoms with E-state index in [9.17, 15) is 4.79 Å². The maximum atomic E-state index is 11.5. The van der Waals surface area contributed by atoms with Gasteiger partial charge in [-0.1, -0.05) is 24.3 Å². The molecule has 25 heavy (non-hydrogen) atoms. The van der Waals surface area contributed by atoms with E-state index in [4.69, 9.17) is 9.47 Å². The van der Waals surface area contributed by atoms with Gasteiger partial charge < -0.3 is 9.47 Å². The van der Waals surface area contributed by atoms with Crippen LogP contribution >= 0.6 is 23.7 Å². The lowest BCUT2D eigenvalue weighted by Crippen LogP contribution is -2.35. The van der Waals surface area contributed by atoms with Crippen molar-refractivity contribution in [2.24, 2.45) is 0 Å². The highest BCUT2D eigenvalue weighted by molar-refractivity contribution is 7.13. The van der Waals surface area contributed by atoms with Crippen molar-refractivity contribution in [3.63, 3.8) is 0 Å². The molecule has 0 amide bonds. The van der Waals surface area contributed by atoms with Gasteiger partial charge in [0.2, 0.25) is 0 Å². The first kappa shape index (κ1) is 19.8. The summed E-state index contributed by atoms with van der Waals surface area (Å²) in [5.41, 5.74) is 3.15. The van der Waals surface area contributed by atoms with Crippen LogP contribution in [-0.2, 0) is 27.2 Å². The highest BCUT2D eigenvalue weighted by Gasteiger charge is 2.12. The summed E-state index contributed by atoms with van der Waals surface area (Å²) in [5.74, 6) is -0.227. The number of benzene rings is 1. The molecule has 1 fully saturated rings. The topological polar surface area (TPSA) is 51.7 Å². The lowest BCUT2D eigenvalue weighted by Gasteiger charge is -2.26. The summed E-state index contributed by atoms with van der Waals surface area (Å²) >= 11 is 1.56. The molecule has 1 aromatic carbocycles. The summed E-state index contributed by atoms with van der Waals surface area (Å²) in [6.45, 7) is 6.79. The zero-order chi connectivity index (χ0) is 16.8. The maximum absolute atomic E-state index is 11.5. The third-order valence-electron chi connectivity index (χ3n) is 3.89. The predicted molar refractivity (Wildman–Crippen MR) is 101 cm³/mol. The fourth-order valence-electron chi connectivity index (χ4n) is 2.65. The minimum absolute atomic E-state index is 0. The standard InChI is InChI=1S/C18H22N2O3S.ClH/c1-2-23-17(21)11-16-13-24-18(19-16)15-5-3-14(4-6-15)12-20-7-9-22-10-8-20;/h3-6,13H,2,7-12H2,1H3;1H. The fraction of sp³-hybridized carbons (Fsp3) is 0.444. The maximum Gasteiger partial charge on any atom is 0.311 e. The molecule has 1 aliphatic heterocycles. The Balaban J connectivity index is 0.00000225. The van der Waals surface area contributed by atoms with Gasteiger partial charge in [-0.15, -0.1) is 23.7 Å². The average Bonchev–Trinajstić information content (AvgIpc) is 3.05. The van der Waals surface area contributed by atoms with E-state index in [0.29, 0.717) is 6.61 Å². The van der Waals surface area contributed by atoms with Crippen LogP contribution in [0.5, 0.6) is 0 Å². The van der Waals surface area contributed by atoms with Gasteiger partial charge in [0.1, 0.15) is 5.01 Å². The van der Waals surface area contributed by atoms with Crippen LogP contribution < -0.4 is 0 Å². The van der Waals surface area contributed by atoms with Crippen molar-refractivity contribution >= 4 is 29.7 Å². The van der Waals surface area contributed by atoms with Gasteiger partial charge in [0, 0.05) is 30.6 Å². The predicted octanol–water partition coefficient (Wildman–Crippen LogP) is 3.17. The summed E-state index contributed by atoms with van der Waals surface area (Å²) in [4.78, 5) is 18.5. The lowest BCUT2D eigenvalue weighted by molar-refractivity contribution is -0.142. The van der Waals surface area contributed by atoms with Gasteiger partial charge in [0.25, 0.3) is 0 Å². The van der Waals surface area contributed by atoms with E-state index in [-0.39, 0.29) is 24.8 Å². The van der Waals surface area contributed by atoms with Crippen LogP contribution in [0.25, 0.3) is 10.6 Å². The van der Waals surface area contributed by atoms with E-state index in [2.05, 4.69) is 34.1 Å². The van der Waals surface area contributed by atoms with Crippen molar-refractivity contribution in [2.75, 3.05) is 32.9 Å². The summed E-state index contributed by atoms with van der Waals surface area (Å²) in [7, 11) is 0. The summed E-state index contributed by atoms with van der Waals surface area (Å²) in [5, 5.41) is 2.86. The fourth-order valence-corrected chi connectivity index (χ4v) is 3.48. The van der Waals surface area contributed by atoms with Crippen LogP contribution in [0.1, 0.15) is 18.2 Å². The van der Waals surface area contributed by atoms with Gasteiger partial charge in [0.15, 0.2) is 0 Å². The van der Waals surface area contributed by atoms with Crippen molar-refractivity contribution in [1.82, 2.24) is 9.88 Å². The van der Waals surface area contributed by atoms with E-state index < -0.39 is 0 Å². The molecule has 7 heteroatoms. The van der Waals surface area contributed by atoms with E-state index in [0.717, 1.165) is 49.1 Å². The van der Waals surface area contributed by atoms with Crippen LogP contribution in [-0.4, -0.2) is 48.8 Å². The number of esters is 1. The van der Waals surface area contributed by atoms with Crippen molar-refractivity contribution in [3.05, 3.63) is 40.9 Å². The molecule has 0 N–H and O–H groups in total. The number of morpholine rings is 1. The van der Waals surface area contributed by atoms with Crippen molar-refractivity contribution in [3.8, 4) is 10.6 Å². The van der Waals surface area contributed by atoms with Gasteiger partial charge in [0.05, 0.1) is 31.9 Å². The second-order valence-corrected chi connectivity index (χ2v) is 6.57. The summed E-state index contributed by atoms with van der Waals surface area (Å²) in [6.07, 6.45) is 0.236. The largest absolute Gasteiger partial charge is 0.466 e. The Kier molecular flexibility index (Phi) is 7.84. The number of ether oxygens (including phenoxy) is 2. The van der Waals surface area contributed by atoms with E-state index in [1.54, 1.807) is 11.3 Å². The van der Waals surface area contributed by atoms with Gasteiger partial charge in [-0.3, -0.25) is 9.69 Å². The molecular formula is C18H23ClN2O3S. The number of carbonyl (C=O) groups excluding carboxylic acids is 1. The summed E-state index contributed by atoms with van der Waals surface area (Å²) < 4.78 is 10.3. The van der Waals surface area contributed by atoms with Crippen LogP contribution in [0, 0.1) is 0 Å². The van der Waals surface area contributed by atoms with Crippen molar-refractivity contribution < 1.29 is 14.3 Å². The molecule has 0 radical (unpaired) electrons. The zero-order valence-electron chi connectivity index (χ0n) is 14.3. The number of halogens is 1. The Bertz CT molecular complexity index is 669. The second-order valence-electron chi connectivity index (χ2n) is 5.71. The Morgan fingerprint density at radius 3 is 2.68 bits per heavy atom. The molecule has 0 aliphatic carbocycles. The third-order valence-corrected chi connectivity index (χ3v) is 4.83. The van der Waals surface area contributed by atoms with Crippen molar-refractivity contribution in [1.29, 1.82) is 0 Å². The highest BCUT2D eigenvalue weighted by Crippen LogP contribution is 2.24. The molecule has 0 spiro atoms. The molecule has 5 nitrogen and oxygen atoms in total. The molecule has 1 aromatic heterocycles. The number of rotatable bonds is 6. The lowest BCUT2D eigenvalue weighted by atomic mass is 10.1. The monoisotopic (exact) mass is 382 g/mol. The molecular weight excluding hydrogens is 360 g/mol. The molecule has 3 rings (SSSR count). The van der Waals surface area contributed by atoms with Gasteiger partial charge in [-0.2, -0.15) is 0 Å². The molecule has 1 saturated heterocycles. The normalized spacial score (nSPS) is 14.8. The highest BCUT2D eigenvalue weighted by atomic mass is 35.5. The molecule has 136 valence electrons. The van der Waals surface area contributed by atoms with Crippen LogP contribution in [0.3, 0.4) is 0 Å². The van der Waals surface area contributed by atoms with Gasteiger partial charge in [-0.05, 0) is 12.5 Å². The number of nitrogens with zero attached hydrogens (tertiary/aromatic N) is 2. The number of aromatic nitrogens is 1. The molecule has 2 aromatic rings. The molecule has 1 aliphatic rings. The smallest absolute Gasteiger partial charge is 0.311 e. The molecule has 0 bridgehead atoms. The number of hydrogen-bond donors (Lipinski definition) is 0. The number of thiazole rings is 1. The average molecular weight is 383 g/mol. The van der Waals surface area contributed by atoms with E-state index in [1.165, 1.54) is 5.56 Å². The minimum Gasteiger partial charge on any atom is -0.466 e. The van der Waals surface area contributed by atoms with Crippen LogP contribution in [0.2, 0.25) is 0 Å². The van der Waals surface area contributed by atoms with E-state index >= 15 is 0 Å². The Labute approximate surface area is 158 Å². The quantitative estimate of drug-likeness (QED) is 0.718. The molecule has 2 heterocycles. The van der Waals surface area contributed by atoms with E-state index in [1.807, 2.05) is 12.3 Å². The third kappa shape index (κ3) is 5.78. The second kappa shape index (κ2) is 9.87. The first-order chi connectivity index (χ1) is 11.7. The van der Waals surface area contributed by atoms with Crippen molar-refractivity contribution in [2.45, 2.75) is 19.9 Å². The SMILES string of the molecule is CCOC(=O)Cc1csc(-c2ccc(CN3CCOCC3)cc2)n1.Cl. The zero-order valence-corrected chi connectivity index (χ0v) is 15.9. The van der Waals surface area contributed by atoms with Crippen LogP contribution in [0.4, 0.5) is 0 Å². The first-order valence-corrected chi connectivity index (χ1v) is 9.12. The first-order valence-electron chi connectivity index (χ1n) is 8.24. The Morgan fingerprint density at radius 2 is 2.00 bits per heavy atom. The van der Waals surface area contributed by atoms with Crippen LogP contribution in [0.15, 0.2) is 29.6 Å². The Hall–Kier alpha value is -1.47. The van der Waals surface area contributed by atoms with Gasteiger partial charge >= 0.3 is 5.97 Å². The molecule has 0 atom stereocenters. The number of carbonyl (C=O) groups is 1. The minimum atomic E-state index is -0.227. The molecule has 0 saturated carbocycles. The Morgan fingerprint density at radius 1 is 1.28 bits per heavy atom. The van der Waals surface area contributed by atoms with Gasteiger partial charge in [-0.25, -0.2) is 4.98 Å².